The summed E-state index contributed by atoms with van der Waals surface area (Å²) in [5.41, 5.74) is 0. The first-order valence-electron chi connectivity index (χ1n) is 8.12. The SMILES string of the molecule is Cl.Cl.O=C(C1CCNC1)N1CCCC(CN2CCOCC2)C1. The largest absolute Gasteiger partial charge is 0.379 e. The van der Waals surface area contributed by atoms with Crippen molar-refractivity contribution in [3.8, 4) is 0 Å². The Labute approximate surface area is 145 Å². The maximum Gasteiger partial charge on any atom is 0.227 e. The van der Waals surface area contributed by atoms with Crippen molar-refractivity contribution in [2.75, 3.05) is 59.0 Å². The molecule has 1 amide bonds. The van der Waals surface area contributed by atoms with Crippen molar-refractivity contribution in [1.29, 1.82) is 0 Å². The summed E-state index contributed by atoms with van der Waals surface area (Å²) in [7, 11) is 0. The number of carbonyl (C=O) groups excluding carboxylic acids is 1. The van der Waals surface area contributed by atoms with Crippen LogP contribution < -0.4 is 5.32 Å². The van der Waals surface area contributed by atoms with E-state index in [1.54, 1.807) is 0 Å². The first-order valence-corrected chi connectivity index (χ1v) is 8.12. The third-order valence-electron chi connectivity index (χ3n) is 4.86. The molecule has 130 valence electrons. The lowest BCUT2D eigenvalue weighted by molar-refractivity contribution is -0.137. The molecule has 0 bridgehead atoms. The van der Waals surface area contributed by atoms with Crippen LogP contribution in [0.15, 0.2) is 0 Å². The number of likely N-dealkylation sites (tertiary alicyclic amines) is 1. The van der Waals surface area contributed by atoms with E-state index in [-0.39, 0.29) is 30.7 Å². The molecule has 5 nitrogen and oxygen atoms in total. The molecule has 0 aromatic carbocycles. The van der Waals surface area contributed by atoms with Gasteiger partial charge in [-0.2, -0.15) is 0 Å². The summed E-state index contributed by atoms with van der Waals surface area (Å²) in [6.45, 7) is 8.78. The van der Waals surface area contributed by atoms with E-state index in [1.165, 1.54) is 12.8 Å². The van der Waals surface area contributed by atoms with Gasteiger partial charge in [-0.05, 0) is 31.7 Å². The molecule has 3 saturated heterocycles. The van der Waals surface area contributed by atoms with Gasteiger partial charge < -0.3 is 15.0 Å². The number of halogens is 2. The Morgan fingerprint density at radius 3 is 2.59 bits per heavy atom. The molecule has 0 radical (unpaired) electrons. The van der Waals surface area contributed by atoms with Crippen molar-refractivity contribution in [2.24, 2.45) is 11.8 Å². The van der Waals surface area contributed by atoms with Gasteiger partial charge in [-0.3, -0.25) is 9.69 Å². The van der Waals surface area contributed by atoms with Crippen LogP contribution in [-0.2, 0) is 9.53 Å². The molecule has 3 rings (SSSR count). The molecule has 3 aliphatic rings. The summed E-state index contributed by atoms with van der Waals surface area (Å²) in [6, 6.07) is 0. The normalized spacial score (nSPS) is 29.5. The number of rotatable bonds is 3. The average molecular weight is 354 g/mol. The molecule has 7 heteroatoms. The van der Waals surface area contributed by atoms with Gasteiger partial charge in [0.1, 0.15) is 0 Å². The van der Waals surface area contributed by atoms with Crippen molar-refractivity contribution < 1.29 is 9.53 Å². The Hall–Kier alpha value is -0.0700. The van der Waals surface area contributed by atoms with Crippen molar-refractivity contribution in [3.05, 3.63) is 0 Å². The van der Waals surface area contributed by atoms with E-state index in [4.69, 9.17) is 4.74 Å². The molecule has 22 heavy (non-hydrogen) atoms. The lowest BCUT2D eigenvalue weighted by Gasteiger charge is -2.37. The van der Waals surface area contributed by atoms with Gasteiger partial charge in [-0.15, -0.1) is 24.8 Å². The fourth-order valence-electron chi connectivity index (χ4n) is 3.69. The Morgan fingerprint density at radius 2 is 1.91 bits per heavy atom. The lowest BCUT2D eigenvalue weighted by atomic mass is 9.95. The molecule has 2 unspecified atom stereocenters. The van der Waals surface area contributed by atoms with Crippen LogP contribution >= 0.6 is 24.8 Å². The second kappa shape index (κ2) is 9.93. The summed E-state index contributed by atoms with van der Waals surface area (Å²) >= 11 is 0. The highest BCUT2D eigenvalue weighted by Gasteiger charge is 2.31. The first kappa shape index (κ1) is 20.0. The third kappa shape index (κ3) is 5.24. The van der Waals surface area contributed by atoms with Crippen LogP contribution in [0, 0.1) is 11.8 Å². The zero-order valence-corrected chi connectivity index (χ0v) is 14.8. The van der Waals surface area contributed by atoms with E-state index in [9.17, 15) is 4.79 Å². The van der Waals surface area contributed by atoms with Crippen LogP contribution in [0.5, 0.6) is 0 Å². The predicted octanol–water partition coefficient (Wildman–Crippen LogP) is 1.01. The molecule has 3 heterocycles. The molecule has 1 N–H and O–H groups in total. The van der Waals surface area contributed by atoms with E-state index < -0.39 is 0 Å². The number of nitrogens with zero attached hydrogens (tertiary/aromatic N) is 2. The van der Waals surface area contributed by atoms with Crippen molar-refractivity contribution in [2.45, 2.75) is 19.3 Å². The van der Waals surface area contributed by atoms with Gasteiger partial charge in [0.25, 0.3) is 0 Å². The quantitative estimate of drug-likeness (QED) is 0.822. The van der Waals surface area contributed by atoms with Crippen LogP contribution in [0.3, 0.4) is 0 Å². The highest BCUT2D eigenvalue weighted by molar-refractivity contribution is 5.85. The van der Waals surface area contributed by atoms with Crippen LogP contribution in [0.1, 0.15) is 19.3 Å². The number of hydrogen-bond acceptors (Lipinski definition) is 4. The summed E-state index contributed by atoms with van der Waals surface area (Å²) in [6.07, 6.45) is 3.45. The van der Waals surface area contributed by atoms with Crippen molar-refractivity contribution in [1.82, 2.24) is 15.1 Å². The Morgan fingerprint density at radius 1 is 1.14 bits per heavy atom. The minimum atomic E-state index is 0. The van der Waals surface area contributed by atoms with Gasteiger partial charge in [-0.25, -0.2) is 0 Å². The van der Waals surface area contributed by atoms with E-state index in [2.05, 4.69) is 15.1 Å². The van der Waals surface area contributed by atoms with Crippen LogP contribution in [-0.4, -0.2) is 74.7 Å². The molecular weight excluding hydrogens is 325 g/mol. The number of amides is 1. The number of nitrogens with one attached hydrogen (secondary N) is 1. The minimum Gasteiger partial charge on any atom is -0.379 e. The Bertz CT molecular complexity index is 335. The summed E-state index contributed by atoms with van der Waals surface area (Å²) in [5.74, 6) is 1.28. The maximum absolute atomic E-state index is 12.5. The van der Waals surface area contributed by atoms with Crippen LogP contribution in [0.4, 0.5) is 0 Å². The first-order chi connectivity index (χ1) is 9.83. The summed E-state index contributed by atoms with van der Waals surface area (Å²) < 4.78 is 5.40. The molecule has 0 saturated carbocycles. The average Bonchev–Trinajstić information content (AvgIpc) is 3.02. The van der Waals surface area contributed by atoms with E-state index in [0.29, 0.717) is 11.8 Å². The lowest BCUT2D eigenvalue weighted by Crippen LogP contribution is -2.47. The third-order valence-corrected chi connectivity index (χ3v) is 4.86. The second-order valence-corrected chi connectivity index (χ2v) is 6.40. The molecule has 0 spiro atoms. The highest BCUT2D eigenvalue weighted by atomic mass is 35.5. The van der Waals surface area contributed by atoms with E-state index in [0.717, 1.165) is 65.4 Å². The monoisotopic (exact) mass is 353 g/mol. The Balaban J connectivity index is 0.00000121. The molecule has 0 aliphatic carbocycles. The van der Waals surface area contributed by atoms with Gasteiger partial charge in [0.2, 0.25) is 5.91 Å². The zero-order valence-electron chi connectivity index (χ0n) is 13.2. The molecule has 3 aliphatic heterocycles. The number of piperidine rings is 1. The highest BCUT2D eigenvalue weighted by Crippen LogP contribution is 2.21. The van der Waals surface area contributed by atoms with Gasteiger partial charge in [0.15, 0.2) is 0 Å². The molecule has 0 aromatic rings. The standard InChI is InChI=1S/C15H27N3O2.2ClH/c19-15(14-3-4-16-10-14)18-5-1-2-13(12-18)11-17-6-8-20-9-7-17;;/h13-14,16H,1-12H2;2*1H. The zero-order chi connectivity index (χ0) is 13.8. The van der Waals surface area contributed by atoms with E-state index in [1.807, 2.05) is 0 Å². The van der Waals surface area contributed by atoms with Crippen LogP contribution in [0.2, 0.25) is 0 Å². The summed E-state index contributed by atoms with van der Waals surface area (Å²) in [4.78, 5) is 17.1. The van der Waals surface area contributed by atoms with Gasteiger partial charge in [-0.1, -0.05) is 0 Å². The van der Waals surface area contributed by atoms with Gasteiger partial charge in [0.05, 0.1) is 19.1 Å². The second-order valence-electron chi connectivity index (χ2n) is 6.40. The van der Waals surface area contributed by atoms with Crippen molar-refractivity contribution >= 4 is 30.7 Å². The van der Waals surface area contributed by atoms with E-state index >= 15 is 0 Å². The molecule has 2 atom stereocenters. The topological polar surface area (TPSA) is 44.8 Å². The number of carbonyl (C=O) groups is 1. The summed E-state index contributed by atoms with van der Waals surface area (Å²) in [5, 5.41) is 3.30. The van der Waals surface area contributed by atoms with Crippen LogP contribution in [0.25, 0.3) is 0 Å². The fourth-order valence-corrected chi connectivity index (χ4v) is 3.69. The predicted molar refractivity (Wildman–Crippen MR) is 92.0 cm³/mol. The number of ether oxygens (including phenoxy) is 1. The minimum absolute atomic E-state index is 0. The maximum atomic E-state index is 12.5. The molecule has 3 fully saturated rings. The number of morpholine rings is 1. The smallest absolute Gasteiger partial charge is 0.227 e. The van der Waals surface area contributed by atoms with Gasteiger partial charge in [0, 0.05) is 39.3 Å². The fraction of sp³-hybridized carbons (Fsp3) is 0.933. The Kier molecular flexibility index (Phi) is 9.02. The molecule has 0 aromatic heterocycles. The molecular formula is C15H29Cl2N3O2. The van der Waals surface area contributed by atoms with Crippen molar-refractivity contribution in [3.63, 3.8) is 0 Å². The van der Waals surface area contributed by atoms with Gasteiger partial charge >= 0.3 is 0 Å². The number of hydrogen-bond donors (Lipinski definition) is 1.